The van der Waals surface area contributed by atoms with Crippen molar-refractivity contribution in [1.29, 1.82) is 0 Å². The van der Waals surface area contributed by atoms with Crippen LogP contribution in [0.4, 0.5) is 5.69 Å². The van der Waals surface area contributed by atoms with E-state index in [2.05, 4.69) is 10.3 Å². The number of carbonyl (C=O) groups excluding carboxylic acids is 1. The SMILES string of the molecule is Cc1ccccc1NC(=O)c1csc(COc2ccc(Cl)cc2)n1. The molecule has 1 aromatic heterocycles. The fourth-order valence-corrected chi connectivity index (χ4v) is 2.87. The molecule has 0 aliphatic rings. The predicted octanol–water partition coefficient (Wildman–Crippen LogP) is 4.94. The molecule has 0 spiro atoms. The minimum absolute atomic E-state index is 0.224. The molecular weight excluding hydrogens is 344 g/mol. The molecule has 0 aliphatic carbocycles. The van der Waals surface area contributed by atoms with Gasteiger partial charge in [0.1, 0.15) is 23.1 Å². The van der Waals surface area contributed by atoms with E-state index in [4.69, 9.17) is 16.3 Å². The molecule has 4 nitrogen and oxygen atoms in total. The molecule has 0 bridgehead atoms. The summed E-state index contributed by atoms with van der Waals surface area (Å²) in [5, 5.41) is 5.99. The number of thiazole rings is 1. The molecule has 0 radical (unpaired) electrons. The summed E-state index contributed by atoms with van der Waals surface area (Å²) in [6, 6.07) is 14.7. The molecule has 24 heavy (non-hydrogen) atoms. The van der Waals surface area contributed by atoms with Gasteiger partial charge in [0, 0.05) is 16.1 Å². The summed E-state index contributed by atoms with van der Waals surface area (Å²) in [4.78, 5) is 16.6. The van der Waals surface area contributed by atoms with Gasteiger partial charge in [-0.1, -0.05) is 29.8 Å². The van der Waals surface area contributed by atoms with Crippen LogP contribution in [0.1, 0.15) is 21.1 Å². The Morgan fingerprint density at radius 3 is 2.71 bits per heavy atom. The summed E-state index contributed by atoms with van der Waals surface area (Å²) < 4.78 is 5.64. The minimum Gasteiger partial charge on any atom is -0.486 e. The van der Waals surface area contributed by atoms with Gasteiger partial charge in [-0.3, -0.25) is 4.79 Å². The average Bonchev–Trinajstić information content (AvgIpc) is 3.06. The number of carbonyl (C=O) groups is 1. The van der Waals surface area contributed by atoms with E-state index in [1.807, 2.05) is 31.2 Å². The third-order valence-electron chi connectivity index (χ3n) is 3.35. The number of rotatable bonds is 5. The first-order valence-corrected chi connectivity index (χ1v) is 8.57. The molecule has 0 saturated heterocycles. The fourth-order valence-electron chi connectivity index (χ4n) is 2.06. The molecule has 0 atom stereocenters. The number of aromatic nitrogens is 1. The van der Waals surface area contributed by atoms with E-state index in [1.54, 1.807) is 29.6 Å². The minimum atomic E-state index is -0.224. The van der Waals surface area contributed by atoms with Crippen LogP contribution in [0, 0.1) is 6.92 Å². The van der Waals surface area contributed by atoms with Gasteiger partial charge in [-0.2, -0.15) is 0 Å². The average molecular weight is 359 g/mol. The summed E-state index contributed by atoms with van der Waals surface area (Å²) in [6.07, 6.45) is 0. The first-order chi connectivity index (χ1) is 11.6. The van der Waals surface area contributed by atoms with Crippen molar-refractivity contribution in [2.24, 2.45) is 0 Å². The van der Waals surface area contributed by atoms with E-state index in [1.165, 1.54) is 11.3 Å². The van der Waals surface area contributed by atoms with Crippen LogP contribution in [0.5, 0.6) is 5.75 Å². The molecule has 2 aromatic carbocycles. The van der Waals surface area contributed by atoms with Crippen molar-refractivity contribution in [3.63, 3.8) is 0 Å². The van der Waals surface area contributed by atoms with Gasteiger partial charge in [0.15, 0.2) is 0 Å². The van der Waals surface area contributed by atoms with Crippen LogP contribution in [0.15, 0.2) is 53.9 Å². The molecule has 0 fully saturated rings. The zero-order valence-corrected chi connectivity index (χ0v) is 14.5. The topological polar surface area (TPSA) is 51.2 Å². The van der Waals surface area contributed by atoms with Crippen molar-refractivity contribution in [1.82, 2.24) is 4.98 Å². The highest BCUT2D eigenvalue weighted by Gasteiger charge is 2.12. The van der Waals surface area contributed by atoms with Crippen molar-refractivity contribution < 1.29 is 9.53 Å². The Morgan fingerprint density at radius 1 is 1.21 bits per heavy atom. The molecule has 1 amide bonds. The smallest absolute Gasteiger partial charge is 0.275 e. The van der Waals surface area contributed by atoms with Crippen LogP contribution in [0.2, 0.25) is 5.02 Å². The van der Waals surface area contributed by atoms with E-state index >= 15 is 0 Å². The lowest BCUT2D eigenvalue weighted by Crippen LogP contribution is -2.13. The zero-order chi connectivity index (χ0) is 16.9. The molecule has 1 heterocycles. The van der Waals surface area contributed by atoms with Gasteiger partial charge in [0.25, 0.3) is 5.91 Å². The number of anilines is 1. The lowest BCUT2D eigenvalue weighted by Gasteiger charge is -2.06. The maximum atomic E-state index is 12.3. The third-order valence-corrected chi connectivity index (χ3v) is 4.43. The highest BCUT2D eigenvalue weighted by Crippen LogP contribution is 2.19. The van der Waals surface area contributed by atoms with Crippen molar-refractivity contribution in [2.45, 2.75) is 13.5 Å². The Morgan fingerprint density at radius 2 is 1.96 bits per heavy atom. The van der Waals surface area contributed by atoms with Gasteiger partial charge in [0.05, 0.1) is 0 Å². The van der Waals surface area contributed by atoms with Crippen molar-refractivity contribution in [3.05, 3.63) is 75.2 Å². The fraction of sp³-hybridized carbons (Fsp3) is 0.111. The number of aryl methyl sites for hydroxylation is 1. The van der Waals surface area contributed by atoms with Crippen LogP contribution >= 0.6 is 22.9 Å². The van der Waals surface area contributed by atoms with Crippen LogP contribution in [-0.4, -0.2) is 10.9 Å². The molecule has 0 aliphatic heterocycles. The van der Waals surface area contributed by atoms with Gasteiger partial charge < -0.3 is 10.1 Å². The highest BCUT2D eigenvalue weighted by atomic mass is 35.5. The van der Waals surface area contributed by atoms with Gasteiger partial charge in [-0.05, 0) is 42.8 Å². The first-order valence-electron chi connectivity index (χ1n) is 7.31. The second-order valence-corrected chi connectivity index (χ2v) is 6.52. The van der Waals surface area contributed by atoms with Crippen molar-refractivity contribution in [2.75, 3.05) is 5.32 Å². The number of ether oxygens (including phenoxy) is 1. The van der Waals surface area contributed by atoms with E-state index in [0.29, 0.717) is 23.1 Å². The second-order valence-electron chi connectivity index (χ2n) is 5.14. The van der Waals surface area contributed by atoms with Crippen LogP contribution in [-0.2, 0) is 6.61 Å². The van der Waals surface area contributed by atoms with Gasteiger partial charge in [-0.15, -0.1) is 11.3 Å². The molecular formula is C18H15ClN2O2S. The quantitative estimate of drug-likeness (QED) is 0.703. The summed E-state index contributed by atoms with van der Waals surface area (Å²) in [6.45, 7) is 2.26. The van der Waals surface area contributed by atoms with Crippen LogP contribution < -0.4 is 10.1 Å². The molecule has 0 saturated carbocycles. The molecule has 0 unspecified atom stereocenters. The Balaban J connectivity index is 1.61. The van der Waals surface area contributed by atoms with Gasteiger partial charge in [0.2, 0.25) is 0 Å². The molecule has 3 aromatic rings. The third kappa shape index (κ3) is 4.13. The number of hydrogen-bond acceptors (Lipinski definition) is 4. The Kier molecular flexibility index (Phi) is 5.13. The molecule has 6 heteroatoms. The van der Waals surface area contributed by atoms with Crippen LogP contribution in [0.3, 0.4) is 0 Å². The van der Waals surface area contributed by atoms with Crippen LogP contribution in [0.25, 0.3) is 0 Å². The Labute approximate surface area is 149 Å². The number of nitrogens with one attached hydrogen (secondary N) is 1. The predicted molar refractivity (Wildman–Crippen MR) is 97.0 cm³/mol. The van der Waals surface area contributed by atoms with E-state index in [9.17, 15) is 4.79 Å². The zero-order valence-electron chi connectivity index (χ0n) is 13.0. The van der Waals surface area contributed by atoms with E-state index in [0.717, 1.165) is 16.3 Å². The van der Waals surface area contributed by atoms with E-state index in [-0.39, 0.29) is 5.91 Å². The maximum Gasteiger partial charge on any atom is 0.275 e. The monoisotopic (exact) mass is 358 g/mol. The number of amides is 1. The summed E-state index contributed by atoms with van der Waals surface area (Å²) in [5.74, 6) is 0.485. The van der Waals surface area contributed by atoms with Crippen molar-refractivity contribution >= 4 is 34.5 Å². The standard InChI is InChI=1S/C18H15ClN2O2S/c1-12-4-2-3-5-15(12)21-18(22)16-11-24-17(20-16)10-23-14-8-6-13(19)7-9-14/h2-9,11H,10H2,1H3,(H,21,22). The summed E-state index contributed by atoms with van der Waals surface area (Å²) in [5.41, 5.74) is 2.18. The number of halogens is 1. The Hall–Kier alpha value is -2.37. The maximum absolute atomic E-state index is 12.3. The summed E-state index contributed by atoms with van der Waals surface area (Å²) >= 11 is 7.23. The second kappa shape index (κ2) is 7.47. The molecule has 1 N–H and O–H groups in total. The van der Waals surface area contributed by atoms with Gasteiger partial charge in [-0.25, -0.2) is 4.98 Å². The van der Waals surface area contributed by atoms with E-state index < -0.39 is 0 Å². The normalized spacial score (nSPS) is 10.4. The highest BCUT2D eigenvalue weighted by molar-refractivity contribution is 7.09. The first kappa shape index (κ1) is 16.5. The summed E-state index contributed by atoms with van der Waals surface area (Å²) in [7, 11) is 0. The number of hydrogen-bond donors (Lipinski definition) is 1. The number of nitrogens with zero attached hydrogens (tertiary/aromatic N) is 1. The van der Waals surface area contributed by atoms with Gasteiger partial charge >= 0.3 is 0 Å². The lowest BCUT2D eigenvalue weighted by molar-refractivity contribution is 0.102. The number of benzene rings is 2. The Bertz CT molecular complexity index is 846. The molecule has 3 rings (SSSR count). The van der Waals surface area contributed by atoms with Crippen molar-refractivity contribution in [3.8, 4) is 5.75 Å². The number of para-hydroxylation sites is 1. The lowest BCUT2D eigenvalue weighted by atomic mass is 10.2. The molecule has 122 valence electrons. The largest absolute Gasteiger partial charge is 0.486 e.